The van der Waals surface area contributed by atoms with Crippen molar-refractivity contribution in [2.45, 2.75) is 26.2 Å². The fraction of sp³-hybridized carbons (Fsp3) is 1.00. The van der Waals surface area contributed by atoms with E-state index in [0.29, 0.717) is 0 Å². The number of nitrogens with one attached hydrogen (secondary N) is 1. The standard InChI is InChI=1S/C9H20N2/c1-2-11-8-5-3-4-6-10-7-9-11/h10H,2-9H2,1H3. The summed E-state index contributed by atoms with van der Waals surface area (Å²) >= 11 is 0. The Bertz CT molecular complexity index is 83.6. The Labute approximate surface area is 70.0 Å². The summed E-state index contributed by atoms with van der Waals surface area (Å²) in [6.07, 6.45) is 4.14. The lowest BCUT2D eigenvalue weighted by Crippen LogP contribution is -2.31. The predicted molar refractivity (Wildman–Crippen MR) is 48.8 cm³/mol. The van der Waals surface area contributed by atoms with Crippen LogP contribution in [-0.2, 0) is 0 Å². The van der Waals surface area contributed by atoms with Crippen LogP contribution in [-0.4, -0.2) is 37.6 Å². The third-order valence-electron chi connectivity index (χ3n) is 2.38. The van der Waals surface area contributed by atoms with Crippen molar-refractivity contribution in [3.63, 3.8) is 0 Å². The summed E-state index contributed by atoms with van der Waals surface area (Å²) in [4.78, 5) is 2.53. The van der Waals surface area contributed by atoms with Gasteiger partial charge in [-0.15, -0.1) is 0 Å². The molecule has 0 aromatic rings. The van der Waals surface area contributed by atoms with E-state index in [4.69, 9.17) is 0 Å². The van der Waals surface area contributed by atoms with Crippen LogP contribution < -0.4 is 5.32 Å². The van der Waals surface area contributed by atoms with Gasteiger partial charge in [-0.05, 0) is 32.5 Å². The van der Waals surface area contributed by atoms with Gasteiger partial charge in [-0.2, -0.15) is 0 Å². The van der Waals surface area contributed by atoms with Crippen molar-refractivity contribution >= 4 is 0 Å². The maximum absolute atomic E-state index is 3.45. The molecule has 11 heavy (non-hydrogen) atoms. The molecule has 1 rings (SSSR count). The first-order valence-electron chi connectivity index (χ1n) is 4.86. The zero-order valence-corrected chi connectivity index (χ0v) is 7.60. The highest BCUT2D eigenvalue weighted by Gasteiger charge is 2.03. The molecule has 2 heteroatoms. The van der Waals surface area contributed by atoms with Gasteiger partial charge in [0.15, 0.2) is 0 Å². The van der Waals surface area contributed by atoms with Crippen LogP contribution in [0.25, 0.3) is 0 Å². The van der Waals surface area contributed by atoms with Crippen LogP contribution in [0.5, 0.6) is 0 Å². The van der Waals surface area contributed by atoms with E-state index in [1.807, 2.05) is 0 Å². The summed E-state index contributed by atoms with van der Waals surface area (Å²) in [6.45, 7) is 8.39. The maximum Gasteiger partial charge on any atom is 0.0107 e. The molecule has 2 nitrogen and oxygen atoms in total. The molecule has 0 spiro atoms. The maximum atomic E-state index is 3.45. The molecule has 1 heterocycles. The van der Waals surface area contributed by atoms with Gasteiger partial charge in [-0.3, -0.25) is 0 Å². The summed E-state index contributed by atoms with van der Waals surface area (Å²) in [5, 5.41) is 3.45. The first kappa shape index (κ1) is 9.01. The first-order valence-corrected chi connectivity index (χ1v) is 4.86. The number of nitrogens with zero attached hydrogens (tertiary/aromatic N) is 1. The first-order chi connectivity index (χ1) is 5.43. The molecule has 1 fully saturated rings. The Hall–Kier alpha value is -0.0800. The number of likely N-dealkylation sites (N-methyl/N-ethyl adjacent to an activating group) is 1. The average Bonchev–Trinajstić information content (AvgIpc) is 2.16. The van der Waals surface area contributed by atoms with E-state index in [0.717, 1.165) is 0 Å². The van der Waals surface area contributed by atoms with Gasteiger partial charge in [0.05, 0.1) is 0 Å². The molecule has 0 unspecified atom stereocenters. The molecule has 0 atom stereocenters. The molecule has 1 aliphatic heterocycles. The SMILES string of the molecule is CCN1CCCCCNCC1. The van der Waals surface area contributed by atoms with Crippen LogP contribution in [0.3, 0.4) is 0 Å². The molecule has 1 saturated heterocycles. The summed E-state index contributed by atoms with van der Waals surface area (Å²) in [5.74, 6) is 0. The summed E-state index contributed by atoms with van der Waals surface area (Å²) in [6, 6.07) is 0. The summed E-state index contributed by atoms with van der Waals surface area (Å²) in [5.41, 5.74) is 0. The second-order valence-electron chi connectivity index (χ2n) is 3.24. The molecule has 1 aliphatic rings. The molecular formula is C9H20N2. The second-order valence-corrected chi connectivity index (χ2v) is 3.24. The predicted octanol–water partition coefficient (Wildman–Crippen LogP) is 1.08. The van der Waals surface area contributed by atoms with E-state index in [-0.39, 0.29) is 0 Å². The highest BCUT2D eigenvalue weighted by atomic mass is 15.1. The minimum Gasteiger partial charge on any atom is -0.315 e. The molecule has 0 aromatic heterocycles. The lowest BCUT2D eigenvalue weighted by Gasteiger charge is -2.18. The van der Waals surface area contributed by atoms with Crippen LogP contribution in [0.1, 0.15) is 26.2 Å². The smallest absolute Gasteiger partial charge is 0.0107 e. The van der Waals surface area contributed by atoms with Gasteiger partial charge < -0.3 is 10.2 Å². The van der Waals surface area contributed by atoms with Gasteiger partial charge in [-0.25, -0.2) is 0 Å². The Morgan fingerprint density at radius 1 is 1.09 bits per heavy atom. The Morgan fingerprint density at radius 3 is 2.82 bits per heavy atom. The van der Waals surface area contributed by atoms with Crippen molar-refractivity contribution in [2.24, 2.45) is 0 Å². The Morgan fingerprint density at radius 2 is 2.00 bits per heavy atom. The van der Waals surface area contributed by atoms with Gasteiger partial charge in [0.25, 0.3) is 0 Å². The third-order valence-corrected chi connectivity index (χ3v) is 2.38. The van der Waals surface area contributed by atoms with E-state index in [9.17, 15) is 0 Å². The quantitative estimate of drug-likeness (QED) is 0.611. The molecule has 0 aromatic carbocycles. The highest BCUT2D eigenvalue weighted by Crippen LogP contribution is 1.99. The van der Waals surface area contributed by atoms with Crippen molar-refractivity contribution in [1.82, 2.24) is 10.2 Å². The van der Waals surface area contributed by atoms with Crippen molar-refractivity contribution in [3.05, 3.63) is 0 Å². The second kappa shape index (κ2) is 5.56. The monoisotopic (exact) mass is 156 g/mol. The molecular weight excluding hydrogens is 136 g/mol. The van der Waals surface area contributed by atoms with Gasteiger partial charge in [0.2, 0.25) is 0 Å². The van der Waals surface area contributed by atoms with Gasteiger partial charge >= 0.3 is 0 Å². The molecule has 0 amide bonds. The molecule has 0 bridgehead atoms. The lowest BCUT2D eigenvalue weighted by molar-refractivity contribution is 0.289. The molecule has 1 N–H and O–H groups in total. The molecule has 66 valence electrons. The van der Waals surface area contributed by atoms with E-state index in [2.05, 4.69) is 17.1 Å². The van der Waals surface area contributed by atoms with Crippen molar-refractivity contribution < 1.29 is 0 Å². The lowest BCUT2D eigenvalue weighted by atomic mass is 10.2. The average molecular weight is 156 g/mol. The van der Waals surface area contributed by atoms with Crippen LogP contribution in [0, 0.1) is 0 Å². The minimum absolute atomic E-state index is 1.17. The van der Waals surface area contributed by atoms with Crippen molar-refractivity contribution in [3.8, 4) is 0 Å². The minimum atomic E-state index is 1.17. The largest absolute Gasteiger partial charge is 0.315 e. The summed E-state index contributed by atoms with van der Waals surface area (Å²) < 4.78 is 0. The number of hydrogen-bond acceptors (Lipinski definition) is 2. The van der Waals surface area contributed by atoms with Gasteiger partial charge in [0, 0.05) is 13.1 Å². The van der Waals surface area contributed by atoms with Crippen LogP contribution >= 0.6 is 0 Å². The van der Waals surface area contributed by atoms with E-state index in [1.54, 1.807) is 0 Å². The van der Waals surface area contributed by atoms with Crippen molar-refractivity contribution in [1.29, 1.82) is 0 Å². The zero-order valence-electron chi connectivity index (χ0n) is 7.60. The topological polar surface area (TPSA) is 15.3 Å². The zero-order chi connectivity index (χ0) is 7.94. The van der Waals surface area contributed by atoms with Crippen LogP contribution in [0.4, 0.5) is 0 Å². The fourth-order valence-corrected chi connectivity index (χ4v) is 1.55. The Kier molecular flexibility index (Phi) is 4.55. The third kappa shape index (κ3) is 3.73. The van der Waals surface area contributed by atoms with Crippen molar-refractivity contribution in [2.75, 3.05) is 32.7 Å². The van der Waals surface area contributed by atoms with Gasteiger partial charge in [0.1, 0.15) is 0 Å². The normalized spacial score (nSPS) is 23.7. The molecule has 0 radical (unpaired) electrons. The van der Waals surface area contributed by atoms with Crippen LogP contribution in [0.2, 0.25) is 0 Å². The molecule has 0 saturated carbocycles. The van der Waals surface area contributed by atoms with E-state index < -0.39 is 0 Å². The Balaban J connectivity index is 2.19. The number of rotatable bonds is 1. The van der Waals surface area contributed by atoms with Gasteiger partial charge in [-0.1, -0.05) is 13.3 Å². The highest BCUT2D eigenvalue weighted by molar-refractivity contribution is 4.61. The van der Waals surface area contributed by atoms with Crippen LogP contribution in [0.15, 0.2) is 0 Å². The summed E-state index contributed by atoms with van der Waals surface area (Å²) in [7, 11) is 0. The number of hydrogen-bond donors (Lipinski definition) is 1. The van der Waals surface area contributed by atoms with E-state index >= 15 is 0 Å². The fourth-order valence-electron chi connectivity index (χ4n) is 1.55. The van der Waals surface area contributed by atoms with E-state index in [1.165, 1.54) is 52.0 Å². The molecule has 0 aliphatic carbocycles.